The number of hydrogen-bond acceptors (Lipinski definition) is 2. The van der Waals surface area contributed by atoms with Gasteiger partial charge in [0.15, 0.2) is 5.03 Å². The topological polar surface area (TPSA) is 70.8 Å². The molecule has 0 aromatic carbocycles. The van der Waals surface area contributed by atoms with Crippen molar-refractivity contribution in [2.24, 2.45) is 5.10 Å². The van der Waals surface area contributed by atoms with Gasteiger partial charge in [0, 0.05) is 19.6 Å². The lowest BCUT2D eigenvalue weighted by atomic mass is 10.3. The van der Waals surface area contributed by atoms with Crippen LogP contribution in [0.25, 0.3) is 0 Å². The molecule has 7 heteroatoms. The molecule has 1 aliphatic heterocycles. The number of hydrazone groups is 1. The first-order valence-electron chi connectivity index (χ1n) is 4.52. The Balaban J connectivity index is 2.39. The summed E-state index contributed by atoms with van der Waals surface area (Å²) in [5.74, 6) is 0.286. The Morgan fingerprint density at radius 3 is 3.07 bits per heavy atom. The lowest BCUT2D eigenvalue weighted by molar-refractivity contribution is -0.485. The summed E-state index contributed by atoms with van der Waals surface area (Å²) in [6.45, 7) is 1.62. The van der Waals surface area contributed by atoms with Crippen LogP contribution in [0, 0.1) is 10.1 Å². The monoisotopic (exact) mass is 204 g/mol. The fourth-order valence-corrected chi connectivity index (χ4v) is 1.31. The highest BCUT2D eigenvalue weighted by atomic mass is 19.1. The van der Waals surface area contributed by atoms with Crippen molar-refractivity contribution >= 4 is 5.96 Å². The first-order valence-corrected chi connectivity index (χ1v) is 4.52. The molecule has 0 atom stereocenters. The van der Waals surface area contributed by atoms with Gasteiger partial charge in [0.1, 0.15) is 5.10 Å². The summed E-state index contributed by atoms with van der Waals surface area (Å²) < 4.78 is 11.8. The van der Waals surface area contributed by atoms with Gasteiger partial charge in [-0.15, -0.1) is 0 Å². The van der Waals surface area contributed by atoms with Crippen LogP contribution in [0.15, 0.2) is 5.10 Å². The third-order valence-electron chi connectivity index (χ3n) is 1.95. The summed E-state index contributed by atoms with van der Waals surface area (Å²) in [5.41, 5.74) is 0. The lowest BCUT2D eigenvalue weighted by Crippen LogP contribution is -2.31. The number of halogens is 1. The molecule has 0 radical (unpaired) electrons. The molecule has 14 heavy (non-hydrogen) atoms. The number of unbranched alkanes of at least 4 members (excludes halogenated alkanes) is 1. The highest BCUT2D eigenvalue weighted by Crippen LogP contribution is 2.01. The van der Waals surface area contributed by atoms with E-state index < -0.39 is 5.03 Å². The predicted octanol–water partition coefficient (Wildman–Crippen LogP) is 0.189. The number of nitro groups is 1. The zero-order valence-corrected chi connectivity index (χ0v) is 7.78. The van der Waals surface area contributed by atoms with E-state index in [1.165, 1.54) is 0 Å². The van der Waals surface area contributed by atoms with Crippen LogP contribution in [0.5, 0.6) is 0 Å². The van der Waals surface area contributed by atoms with Gasteiger partial charge in [-0.05, 0) is 12.8 Å². The lowest BCUT2D eigenvalue weighted by Gasteiger charge is -2.14. The van der Waals surface area contributed by atoms with Crippen LogP contribution >= 0.6 is 0 Å². The van der Waals surface area contributed by atoms with Gasteiger partial charge in [-0.25, -0.2) is 10.1 Å². The predicted molar refractivity (Wildman–Crippen MR) is 49.2 cm³/mol. The second kappa shape index (κ2) is 5.36. The van der Waals surface area contributed by atoms with Crippen LogP contribution in [-0.4, -0.2) is 42.2 Å². The van der Waals surface area contributed by atoms with Crippen molar-refractivity contribution in [3.63, 3.8) is 0 Å². The van der Waals surface area contributed by atoms with Crippen LogP contribution in [0.1, 0.15) is 12.8 Å². The first kappa shape index (κ1) is 10.7. The van der Waals surface area contributed by atoms with E-state index >= 15 is 0 Å². The number of nitrogens with one attached hydrogen (secondary N) is 1. The molecule has 1 fully saturated rings. The Labute approximate surface area is 80.9 Å². The largest absolute Gasteiger partial charge is 0.349 e. The molecule has 80 valence electrons. The number of guanidine groups is 1. The normalized spacial score (nSPS) is 18.6. The van der Waals surface area contributed by atoms with Crippen LogP contribution < -0.4 is 5.32 Å². The van der Waals surface area contributed by atoms with Crippen LogP contribution in [0.3, 0.4) is 0 Å². The number of alkyl halides is 1. The molecule has 0 saturated carbocycles. The molecule has 0 aromatic rings. The van der Waals surface area contributed by atoms with Gasteiger partial charge in [-0.1, -0.05) is 0 Å². The van der Waals surface area contributed by atoms with E-state index in [1.807, 2.05) is 0 Å². The molecule has 0 spiro atoms. The fourth-order valence-electron chi connectivity index (χ4n) is 1.31. The van der Waals surface area contributed by atoms with Crippen LogP contribution in [-0.2, 0) is 0 Å². The van der Waals surface area contributed by atoms with Crippen molar-refractivity contribution in [1.82, 2.24) is 10.2 Å². The van der Waals surface area contributed by atoms with Crippen molar-refractivity contribution < 1.29 is 9.42 Å². The molecular formula is C7H13FN4O2. The Bertz CT molecular complexity index is 234. The highest BCUT2D eigenvalue weighted by molar-refractivity contribution is 5.81. The summed E-state index contributed by atoms with van der Waals surface area (Å²) in [7, 11) is 0. The molecule has 0 amide bonds. The third-order valence-corrected chi connectivity index (χ3v) is 1.95. The van der Waals surface area contributed by atoms with Gasteiger partial charge in [0.2, 0.25) is 0 Å². The van der Waals surface area contributed by atoms with Crippen molar-refractivity contribution in [3.05, 3.63) is 10.1 Å². The second-order valence-electron chi connectivity index (χ2n) is 2.97. The Hall–Kier alpha value is -1.40. The highest BCUT2D eigenvalue weighted by Gasteiger charge is 2.20. The Kier molecular flexibility index (Phi) is 4.09. The van der Waals surface area contributed by atoms with Crippen LogP contribution in [0.4, 0.5) is 4.39 Å². The Morgan fingerprint density at radius 1 is 1.64 bits per heavy atom. The molecule has 1 rings (SSSR count). The molecule has 1 heterocycles. The molecule has 6 nitrogen and oxygen atoms in total. The van der Waals surface area contributed by atoms with Crippen LogP contribution in [0.2, 0.25) is 0 Å². The molecule has 0 bridgehead atoms. The summed E-state index contributed by atoms with van der Waals surface area (Å²) in [5, 5.41) is 15.4. The van der Waals surface area contributed by atoms with E-state index in [1.54, 1.807) is 4.90 Å². The van der Waals surface area contributed by atoms with Gasteiger partial charge in [-0.2, -0.15) is 0 Å². The van der Waals surface area contributed by atoms with Gasteiger partial charge in [-0.3, -0.25) is 4.39 Å². The molecule has 0 aromatic heterocycles. The second-order valence-corrected chi connectivity index (χ2v) is 2.97. The zero-order valence-electron chi connectivity index (χ0n) is 7.78. The maximum Gasteiger partial charge on any atom is 0.271 e. The quantitative estimate of drug-likeness (QED) is 0.394. The molecular weight excluding hydrogens is 191 g/mol. The minimum absolute atomic E-state index is 0.286. The minimum atomic E-state index is -0.726. The maximum absolute atomic E-state index is 11.8. The average Bonchev–Trinajstić information content (AvgIpc) is 2.52. The molecule has 1 saturated heterocycles. The number of rotatable bonds is 5. The van der Waals surface area contributed by atoms with Crippen molar-refractivity contribution in [1.29, 1.82) is 0 Å². The smallest absolute Gasteiger partial charge is 0.271 e. The van der Waals surface area contributed by atoms with Gasteiger partial charge in [0.05, 0.1) is 6.67 Å². The summed E-state index contributed by atoms with van der Waals surface area (Å²) in [6, 6.07) is 0. The summed E-state index contributed by atoms with van der Waals surface area (Å²) >= 11 is 0. The molecule has 1 N–H and O–H groups in total. The average molecular weight is 204 g/mol. The van der Waals surface area contributed by atoms with E-state index in [9.17, 15) is 14.5 Å². The van der Waals surface area contributed by atoms with E-state index in [0.29, 0.717) is 32.5 Å². The van der Waals surface area contributed by atoms with E-state index in [-0.39, 0.29) is 12.6 Å². The van der Waals surface area contributed by atoms with E-state index in [4.69, 9.17) is 0 Å². The minimum Gasteiger partial charge on any atom is -0.349 e. The third kappa shape index (κ3) is 3.15. The van der Waals surface area contributed by atoms with Gasteiger partial charge < -0.3 is 10.2 Å². The molecule has 0 aliphatic carbocycles. The fraction of sp³-hybridized carbons (Fsp3) is 0.857. The van der Waals surface area contributed by atoms with Gasteiger partial charge >= 0.3 is 0 Å². The SMILES string of the molecule is O=[N+]([O-])/N=C1\NCCN1CCCCF. The summed E-state index contributed by atoms with van der Waals surface area (Å²) in [6.07, 6.45) is 1.18. The van der Waals surface area contributed by atoms with Crippen molar-refractivity contribution in [3.8, 4) is 0 Å². The summed E-state index contributed by atoms with van der Waals surface area (Å²) in [4.78, 5) is 11.9. The zero-order chi connectivity index (χ0) is 10.4. The maximum atomic E-state index is 11.8. The number of nitrogens with zero attached hydrogens (tertiary/aromatic N) is 3. The first-order chi connectivity index (χ1) is 6.74. The molecule has 1 aliphatic rings. The Morgan fingerprint density at radius 2 is 2.43 bits per heavy atom. The number of hydrogen-bond donors (Lipinski definition) is 1. The van der Waals surface area contributed by atoms with E-state index in [2.05, 4.69) is 10.4 Å². The van der Waals surface area contributed by atoms with Gasteiger partial charge in [0.25, 0.3) is 5.96 Å². The standard InChI is InChI=1S/C7H13FN4O2/c8-3-1-2-5-11-6-4-9-7(11)10-12(13)14/h1-6H2,(H,9,10). The van der Waals surface area contributed by atoms with Crippen molar-refractivity contribution in [2.75, 3.05) is 26.3 Å². The van der Waals surface area contributed by atoms with E-state index in [0.717, 1.165) is 0 Å². The van der Waals surface area contributed by atoms with Crippen molar-refractivity contribution in [2.45, 2.75) is 12.8 Å². The molecule has 0 unspecified atom stereocenters.